The van der Waals surface area contributed by atoms with Gasteiger partial charge in [0.2, 0.25) is 0 Å². The van der Waals surface area contributed by atoms with E-state index in [1.54, 1.807) is 6.20 Å². The second-order valence-electron chi connectivity index (χ2n) is 1.53. The van der Waals surface area contributed by atoms with Gasteiger partial charge in [-0.15, -0.1) is 0 Å². The van der Waals surface area contributed by atoms with Crippen LogP contribution in [0.25, 0.3) is 0 Å². The summed E-state index contributed by atoms with van der Waals surface area (Å²) >= 11 is 0. The Morgan fingerprint density at radius 2 is 1.88 bits per heavy atom. The first kappa shape index (κ1) is 10.2. The summed E-state index contributed by atoms with van der Waals surface area (Å²) in [5.74, 6) is 0. The monoisotopic (exact) mass is 114 g/mol. The number of nitrogens with one attached hydrogen (secondary N) is 2. The van der Waals surface area contributed by atoms with Gasteiger partial charge in [-0.25, -0.2) is 0 Å². The molecule has 0 fully saturated rings. The van der Waals surface area contributed by atoms with Crippen molar-refractivity contribution in [3.63, 3.8) is 0 Å². The van der Waals surface area contributed by atoms with E-state index in [0.717, 1.165) is 0 Å². The highest BCUT2D eigenvalue weighted by molar-refractivity contribution is 5.15. The fourth-order valence-electron chi connectivity index (χ4n) is 0.236. The van der Waals surface area contributed by atoms with E-state index < -0.39 is 0 Å². The van der Waals surface area contributed by atoms with E-state index >= 15 is 0 Å². The van der Waals surface area contributed by atoms with Crippen molar-refractivity contribution >= 4 is 6.72 Å². The fourth-order valence-corrected chi connectivity index (χ4v) is 0.236. The predicted molar refractivity (Wildman–Crippen MR) is 38.3 cm³/mol. The van der Waals surface area contributed by atoms with Crippen molar-refractivity contribution in [1.82, 2.24) is 5.32 Å². The van der Waals surface area contributed by atoms with E-state index in [1.807, 2.05) is 0 Å². The van der Waals surface area contributed by atoms with Gasteiger partial charge in [0.25, 0.3) is 0 Å². The summed E-state index contributed by atoms with van der Waals surface area (Å²) in [6.45, 7) is 10.1. The maximum absolute atomic E-state index is 5.50. The van der Waals surface area contributed by atoms with Crippen LogP contribution in [0.2, 0.25) is 0 Å². The van der Waals surface area contributed by atoms with Crippen molar-refractivity contribution < 1.29 is 0 Å². The molecule has 0 atom stereocenters. The molecule has 0 saturated carbocycles. The molecular formula is C6H14N2. The van der Waals surface area contributed by atoms with Crippen molar-refractivity contribution in [2.75, 3.05) is 0 Å². The lowest BCUT2D eigenvalue weighted by Crippen LogP contribution is -2.14. The van der Waals surface area contributed by atoms with Crippen molar-refractivity contribution in [3.8, 4) is 0 Å². The molecule has 0 radical (unpaired) electrons. The molecule has 48 valence electrons. The topological polar surface area (TPSA) is 35.9 Å². The Balaban J connectivity index is 0. The standard InChI is InChI=1S/C5H11N.CH3N/c1-4-6-5(2)3;1-2/h4-6H,1H2,2-3H3;2H,1H2. The highest BCUT2D eigenvalue weighted by atomic mass is 14.9. The van der Waals surface area contributed by atoms with Gasteiger partial charge in [-0.05, 0) is 26.8 Å². The van der Waals surface area contributed by atoms with Gasteiger partial charge in [-0.1, -0.05) is 6.58 Å². The summed E-state index contributed by atoms with van der Waals surface area (Å²) in [5.41, 5.74) is 0. The molecule has 2 heteroatoms. The molecule has 0 bridgehead atoms. The number of hydrogen-bond donors (Lipinski definition) is 2. The molecular weight excluding hydrogens is 100 g/mol. The van der Waals surface area contributed by atoms with Gasteiger partial charge in [0.1, 0.15) is 0 Å². The van der Waals surface area contributed by atoms with Crippen LogP contribution in [-0.2, 0) is 0 Å². The third-order valence-corrected chi connectivity index (χ3v) is 0.451. The summed E-state index contributed by atoms with van der Waals surface area (Å²) in [6.07, 6.45) is 1.70. The van der Waals surface area contributed by atoms with E-state index in [1.165, 1.54) is 0 Å². The lowest BCUT2D eigenvalue weighted by molar-refractivity contribution is 0.704. The maximum atomic E-state index is 5.50. The first-order chi connectivity index (χ1) is 3.77. The maximum Gasteiger partial charge on any atom is 0.0199 e. The van der Waals surface area contributed by atoms with Crippen molar-refractivity contribution in [2.24, 2.45) is 0 Å². The first-order valence-electron chi connectivity index (χ1n) is 2.49. The second kappa shape index (κ2) is 9.51. The molecule has 0 aromatic carbocycles. The Kier molecular flexibility index (Phi) is 12.2. The molecule has 0 aliphatic rings. The van der Waals surface area contributed by atoms with Gasteiger partial charge in [0.15, 0.2) is 0 Å². The first-order valence-corrected chi connectivity index (χ1v) is 2.49. The molecule has 0 heterocycles. The van der Waals surface area contributed by atoms with E-state index in [4.69, 9.17) is 5.41 Å². The van der Waals surface area contributed by atoms with Crippen LogP contribution < -0.4 is 5.32 Å². The third-order valence-electron chi connectivity index (χ3n) is 0.451. The summed E-state index contributed by atoms with van der Waals surface area (Å²) in [6, 6.07) is 0.530. The van der Waals surface area contributed by atoms with Gasteiger partial charge in [-0.3, -0.25) is 0 Å². The molecule has 0 amide bonds. The summed E-state index contributed by atoms with van der Waals surface area (Å²) in [7, 11) is 0. The summed E-state index contributed by atoms with van der Waals surface area (Å²) < 4.78 is 0. The van der Waals surface area contributed by atoms with Crippen LogP contribution in [0.15, 0.2) is 12.8 Å². The lowest BCUT2D eigenvalue weighted by atomic mass is 10.4. The number of hydrogen-bond acceptors (Lipinski definition) is 2. The fraction of sp³-hybridized carbons (Fsp3) is 0.500. The quantitative estimate of drug-likeness (QED) is 0.523. The highest BCUT2D eigenvalue weighted by Gasteiger charge is 1.78. The summed E-state index contributed by atoms with van der Waals surface area (Å²) in [4.78, 5) is 0. The average molecular weight is 114 g/mol. The van der Waals surface area contributed by atoms with E-state index in [2.05, 4.69) is 32.5 Å². The molecule has 0 spiro atoms. The van der Waals surface area contributed by atoms with E-state index in [9.17, 15) is 0 Å². The van der Waals surface area contributed by atoms with Crippen molar-refractivity contribution in [2.45, 2.75) is 19.9 Å². The minimum atomic E-state index is 0.530. The molecule has 0 aliphatic heterocycles. The van der Waals surface area contributed by atoms with Crippen LogP contribution in [-0.4, -0.2) is 12.8 Å². The molecule has 0 aliphatic carbocycles. The molecule has 2 N–H and O–H groups in total. The van der Waals surface area contributed by atoms with Crippen LogP contribution in [0.4, 0.5) is 0 Å². The smallest absolute Gasteiger partial charge is 0.0199 e. The van der Waals surface area contributed by atoms with E-state index in [0.29, 0.717) is 6.04 Å². The summed E-state index contributed by atoms with van der Waals surface area (Å²) in [5, 5.41) is 8.47. The van der Waals surface area contributed by atoms with Crippen molar-refractivity contribution in [1.29, 1.82) is 5.41 Å². The minimum Gasteiger partial charge on any atom is -0.389 e. The van der Waals surface area contributed by atoms with Gasteiger partial charge >= 0.3 is 0 Å². The van der Waals surface area contributed by atoms with Crippen LogP contribution in [0.3, 0.4) is 0 Å². The Bertz CT molecular complexity index is 50.5. The predicted octanol–water partition coefficient (Wildman–Crippen LogP) is 1.39. The molecule has 0 rings (SSSR count). The second-order valence-corrected chi connectivity index (χ2v) is 1.53. The molecule has 0 aromatic rings. The molecule has 0 aromatic heterocycles. The Labute approximate surface area is 51.1 Å². The zero-order valence-corrected chi connectivity index (χ0v) is 5.57. The average Bonchev–Trinajstić information content (AvgIpc) is 1.72. The van der Waals surface area contributed by atoms with Crippen LogP contribution in [0.1, 0.15) is 13.8 Å². The van der Waals surface area contributed by atoms with Crippen LogP contribution in [0.5, 0.6) is 0 Å². The van der Waals surface area contributed by atoms with Crippen molar-refractivity contribution in [3.05, 3.63) is 12.8 Å². The van der Waals surface area contributed by atoms with Crippen LogP contribution in [0, 0.1) is 5.41 Å². The zero-order chi connectivity index (χ0) is 6.99. The molecule has 8 heavy (non-hydrogen) atoms. The van der Waals surface area contributed by atoms with Gasteiger partial charge in [-0.2, -0.15) is 0 Å². The zero-order valence-electron chi connectivity index (χ0n) is 5.57. The largest absolute Gasteiger partial charge is 0.389 e. The number of rotatable bonds is 2. The normalized spacial score (nSPS) is 6.88. The Morgan fingerprint density at radius 1 is 1.50 bits per heavy atom. The highest BCUT2D eigenvalue weighted by Crippen LogP contribution is 1.71. The van der Waals surface area contributed by atoms with Gasteiger partial charge in [0.05, 0.1) is 0 Å². The molecule has 2 nitrogen and oxygen atoms in total. The molecule has 0 unspecified atom stereocenters. The van der Waals surface area contributed by atoms with E-state index in [-0.39, 0.29) is 0 Å². The third kappa shape index (κ3) is 18.9. The van der Waals surface area contributed by atoms with Gasteiger partial charge in [0, 0.05) is 6.04 Å². The minimum absolute atomic E-state index is 0.530. The molecule has 0 saturated heterocycles. The van der Waals surface area contributed by atoms with Gasteiger partial charge < -0.3 is 10.7 Å². The Hall–Kier alpha value is -0.790. The van der Waals surface area contributed by atoms with Crippen LogP contribution >= 0.6 is 0 Å². The SMILES string of the molecule is C=CNC(C)C.C=N. The Morgan fingerprint density at radius 3 is 1.88 bits per heavy atom. The lowest BCUT2D eigenvalue weighted by Gasteiger charge is -1.99.